The van der Waals surface area contributed by atoms with Crippen LogP contribution < -0.4 is 10.9 Å². The number of anilines is 1. The van der Waals surface area contributed by atoms with Crippen LogP contribution in [0.2, 0.25) is 0 Å². The minimum atomic E-state index is -4.59. The minimum Gasteiger partial charge on any atom is -0.322 e. The molecule has 3 aromatic rings. The van der Waals surface area contributed by atoms with Gasteiger partial charge in [-0.15, -0.1) is 10.2 Å². The Morgan fingerprint density at radius 3 is 2.50 bits per heavy atom. The molecule has 204 valence electrons. The molecule has 1 N–H and O–H groups in total. The highest BCUT2D eigenvalue weighted by atomic mass is 19.4. The largest absolute Gasteiger partial charge is 0.406 e. The average Bonchev–Trinajstić information content (AvgIpc) is 3.24. The number of pyridine rings is 1. The molecule has 1 aromatic carbocycles. The van der Waals surface area contributed by atoms with Gasteiger partial charge in [0.25, 0.3) is 11.5 Å². The number of halogens is 3. The summed E-state index contributed by atoms with van der Waals surface area (Å²) in [4.78, 5) is 28.3. The first kappa shape index (κ1) is 27.6. The number of rotatable bonds is 8. The third kappa shape index (κ3) is 6.89. The summed E-state index contributed by atoms with van der Waals surface area (Å²) >= 11 is 0. The second kappa shape index (κ2) is 11.1. The fourth-order valence-electron chi connectivity index (χ4n) is 4.81. The van der Waals surface area contributed by atoms with E-state index in [4.69, 9.17) is 0 Å². The second-order valence-corrected chi connectivity index (χ2v) is 10.6. The Hall–Kier alpha value is -3.47. The summed E-state index contributed by atoms with van der Waals surface area (Å²) in [5.41, 5.74) is 0.233. The Labute approximate surface area is 219 Å². The van der Waals surface area contributed by atoms with Crippen LogP contribution >= 0.6 is 0 Å². The van der Waals surface area contributed by atoms with Crippen molar-refractivity contribution in [3.63, 3.8) is 0 Å². The SMILES string of the molecule is Cn1cnnc1CC(C)(C)c1cccc(NC(=O)c2cc(CN3CCCCC3)cn(CC(F)(F)F)c2=O)c1. The number of alkyl halides is 3. The predicted octanol–water partition coefficient (Wildman–Crippen LogP) is 4.30. The van der Waals surface area contributed by atoms with E-state index in [0.717, 1.165) is 43.7 Å². The van der Waals surface area contributed by atoms with Gasteiger partial charge in [0.05, 0.1) is 0 Å². The number of likely N-dealkylation sites (tertiary alicyclic amines) is 1. The zero-order valence-electron chi connectivity index (χ0n) is 21.9. The lowest BCUT2D eigenvalue weighted by Gasteiger charge is -2.27. The molecule has 0 spiro atoms. The smallest absolute Gasteiger partial charge is 0.322 e. The summed E-state index contributed by atoms with van der Waals surface area (Å²) in [6, 6.07) is 8.63. The van der Waals surface area contributed by atoms with Crippen LogP contribution in [0.25, 0.3) is 0 Å². The molecule has 0 atom stereocenters. The molecule has 11 heteroatoms. The highest BCUT2D eigenvalue weighted by Gasteiger charge is 2.30. The molecule has 1 aliphatic heterocycles. The van der Waals surface area contributed by atoms with E-state index in [1.54, 1.807) is 24.5 Å². The van der Waals surface area contributed by atoms with E-state index in [-0.39, 0.29) is 11.0 Å². The van der Waals surface area contributed by atoms with Crippen molar-refractivity contribution in [2.24, 2.45) is 7.05 Å². The van der Waals surface area contributed by atoms with Crippen molar-refractivity contribution in [3.8, 4) is 0 Å². The average molecular weight is 531 g/mol. The van der Waals surface area contributed by atoms with Gasteiger partial charge in [0, 0.05) is 31.9 Å². The lowest BCUT2D eigenvalue weighted by Crippen LogP contribution is -2.35. The summed E-state index contributed by atoms with van der Waals surface area (Å²) in [6.07, 6.45) is 2.00. The lowest BCUT2D eigenvalue weighted by atomic mass is 9.81. The summed E-state index contributed by atoms with van der Waals surface area (Å²) in [5.74, 6) is 0.0647. The molecule has 4 rings (SSSR count). The molecule has 3 heterocycles. The Kier molecular flexibility index (Phi) is 8.05. The first-order valence-electron chi connectivity index (χ1n) is 12.7. The number of aromatic nitrogens is 4. The highest BCUT2D eigenvalue weighted by molar-refractivity contribution is 6.04. The first-order chi connectivity index (χ1) is 17.9. The van der Waals surface area contributed by atoms with E-state index in [1.165, 1.54) is 12.3 Å². The maximum absolute atomic E-state index is 13.2. The van der Waals surface area contributed by atoms with Crippen molar-refractivity contribution in [1.82, 2.24) is 24.2 Å². The lowest BCUT2D eigenvalue weighted by molar-refractivity contribution is -0.141. The fraction of sp³-hybridized carbons (Fsp3) is 0.481. The Bertz CT molecular complexity index is 1340. The van der Waals surface area contributed by atoms with E-state index >= 15 is 0 Å². The van der Waals surface area contributed by atoms with Crippen molar-refractivity contribution >= 4 is 11.6 Å². The van der Waals surface area contributed by atoms with E-state index in [1.807, 2.05) is 31.5 Å². The van der Waals surface area contributed by atoms with Gasteiger partial charge >= 0.3 is 6.18 Å². The van der Waals surface area contributed by atoms with Crippen LogP contribution in [0.1, 0.15) is 60.4 Å². The summed E-state index contributed by atoms with van der Waals surface area (Å²) < 4.78 is 42.1. The van der Waals surface area contributed by atoms with Gasteiger partial charge in [-0.05, 0) is 60.7 Å². The van der Waals surface area contributed by atoms with Crippen molar-refractivity contribution in [1.29, 1.82) is 0 Å². The molecule has 38 heavy (non-hydrogen) atoms. The number of benzene rings is 1. The third-order valence-corrected chi connectivity index (χ3v) is 6.90. The van der Waals surface area contributed by atoms with Crippen LogP contribution in [0.15, 0.2) is 47.7 Å². The maximum atomic E-state index is 13.2. The quantitative estimate of drug-likeness (QED) is 0.470. The molecule has 0 radical (unpaired) electrons. The Balaban J connectivity index is 1.59. The molecule has 0 saturated carbocycles. The van der Waals surface area contributed by atoms with Crippen LogP contribution in [0, 0.1) is 0 Å². The number of nitrogens with zero attached hydrogens (tertiary/aromatic N) is 5. The standard InChI is InChI=1S/C27H33F3N6O2/c1-26(2,14-23-33-31-18-34(23)3)20-8-7-9-21(13-20)32-24(37)22-12-19(15-35-10-5-4-6-11-35)16-36(25(22)38)17-27(28,29)30/h7-9,12-13,16,18H,4-6,10-11,14-15,17H2,1-3H3,(H,32,37). The number of amides is 1. The van der Waals surface area contributed by atoms with Crippen molar-refractivity contribution in [2.45, 2.75) is 64.2 Å². The van der Waals surface area contributed by atoms with Gasteiger partial charge in [0.15, 0.2) is 0 Å². The van der Waals surface area contributed by atoms with Gasteiger partial charge in [-0.25, -0.2) is 0 Å². The zero-order chi connectivity index (χ0) is 27.5. The van der Waals surface area contributed by atoms with Crippen molar-refractivity contribution in [3.05, 3.63) is 75.7 Å². The highest BCUT2D eigenvalue weighted by Crippen LogP contribution is 2.29. The Morgan fingerprint density at radius 1 is 1.11 bits per heavy atom. The molecule has 1 fully saturated rings. The number of hydrogen-bond acceptors (Lipinski definition) is 5. The fourth-order valence-corrected chi connectivity index (χ4v) is 4.81. The molecule has 8 nitrogen and oxygen atoms in total. The van der Waals surface area contributed by atoms with Crippen LogP contribution in [0.3, 0.4) is 0 Å². The number of carbonyl (C=O) groups is 1. The van der Waals surface area contributed by atoms with Gasteiger partial charge in [0.1, 0.15) is 24.3 Å². The number of carbonyl (C=O) groups excluding carboxylic acids is 1. The topological polar surface area (TPSA) is 85.1 Å². The number of piperidine rings is 1. The molecular formula is C27H33F3N6O2. The van der Waals surface area contributed by atoms with E-state index < -0.39 is 24.2 Å². The van der Waals surface area contributed by atoms with Gasteiger partial charge in [-0.1, -0.05) is 32.4 Å². The number of aryl methyl sites for hydroxylation is 1. The molecule has 1 aliphatic rings. The van der Waals surface area contributed by atoms with E-state index in [9.17, 15) is 22.8 Å². The Morgan fingerprint density at radius 2 is 1.84 bits per heavy atom. The molecule has 2 aromatic heterocycles. The predicted molar refractivity (Wildman–Crippen MR) is 138 cm³/mol. The van der Waals surface area contributed by atoms with Crippen LogP contribution in [0.4, 0.5) is 18.9 Å². The molecular weight excluding hydrogens is 497 g/mol. The molecule has 0 bridgehead atoms. The van der Waals surface area contributed by atoms with Crippen molar-refractivity contribution < 1.29 is 18.0 Å². The summed E-state index contributed by atoms with van der Waals surface area (Å²) in [6.45, 7) is 4.68. The van der Waals surface area contributed by atoms with Crippen molar-refractivity contribution in [2.75, 3.05) is 18.4 Å². The molecule has 0 unspecified atom stereocenters. The normalized spacial score (nSPS) is 15.0. The van der Waals surface area contributed by atoms with Crippen LogP contribution in [-0.2, 0) is 32.0 Å². The molecule has 0 aliphatic carbocycles. The van der Waals surface area contributed by atoms with E-state index in [0.29, 0.717) is 28.8 Å². The van der Waals surface area contributed by atoms with Gasteiger partial charge in [-0.3, -0.25) is 14.5 Å². The number of hydrogen-bond donors (Lipinski definition) is 1. The van der Waals surface area contributed by atoms with Crippen LogP contribution in [-0.4, -0.2) is 49.4 Å². The second-order valence-electron chi connectivity index (χ2n) is 10.6. The van der Waals surface area contributed by atoms with E-state index in [2.05, 4.69) is 20.4 Å². The van der Waals surface area contributed by atoms with Gasteiger partial charge in [-0.2, -0.15) is 13.2 Å². The van der Waals surface area contributed by atoms with Crippen LogP contribution in [0.5, 0.6) is 0 Å². The van der Waals surface area contributed by atoms with Gasteiger partial charge in [0.2, 0.25) is 0 Å². The monoisotopic (exact) mass is 530 g/mol. The zero-order valence-corrected chi connectivity index (χ0v) is 21.9. The summed E-state index contributed by atoms with van der Waals surface area (Å²) in [7, 11) is 1.87. The number of nitrogens with one attached hydrogen (secondary N) is 1. The summed E-state index contributed by atoms with van der Waals surface area (Å²) in [5, 5.41) is 10.8. The minimum absolute atomic E-state index is 0.312. The maximum Gasteiger partial charge on any atom is 0.406 e. The first-order valence-corrected chi connectivity index (χ1v) is 12.7. The molecule has 1 amide bonds. The molecule has 1 saturated heterocycles. The third-order valence-electron chi connectivity index (χ3n) is 6.90. The van der Waals surface area contributed by atoms with Gasteiger partial charge < -0.3 is 14.5 Å².